The summed E-state index contributed by atoms with van der Waals surface area (Å²) in [6.45, 7) is 2.23. The molecule has 1 saturated carbocycles. The van der Waals surface area contributed by atoms with Gasteiger partial charge in [0.05, 0.1) is 6.04 Å². The Balaban J connectivity index is 0.00000261. The van der Waals surface area contributed by atoms with Crippen molar-refractivity contribution < 1.29 is 14.3 Å². The third-order valence-electron chi connectivity index (χ3n) is 4.00. The maximum Gasteiger partial charge on any atom is 0.271 e. The standard InChI is InChI=1S/C18H22N4O3S.ClH/c1-11(20-18(24)15-10-26-17(8-19)22-15)12-2-6-14(7-3-12)25-9-16(23)21-13-4-5-13;/h2-3,6-7,10-11,13H,4-5,8-9,19H2,1H3,(H,20,24)(H,21,23);1H. The number of ether oxygens (including phenoxy) is 1. The van der Waals surface area contributed by atoms with Crippen molar-refractivity contribution in [2.24, 2.45) is 5.73 Å². The van der Waals surface area contributed by atoms with Crippen LogP contribution in [0.15, 0.2) is 29.6 Å². The Morgan fingerprint density at radius 1 is 1.33 bits per heavy atom. The van der Waals surface area contributed by atoms with Gasteiger partial charge in [0.25, 0.3) is 11.8 Å². The molecule has 3 rings (SSSR count). The zero-order valence-electron chi connectivity index (χ0n) is 14.9. The topological polar surface area (TPSA) is 106 Å². The van der Waals surface area contributed by atoms with E-state index in [9.17, 15) is 9.59 Å². The molecule has 1 aromatic heterocycles. The van der Waals surface area contributed by atoms with Crippen LogP contribution in [0.4, 0.5) is 0 Å². The predicted octanol–water partition coefficient (Wildman–Crippen LogP) is 2.17. The Kier molecular flexibility index (Phi) is 7.58. The number of hydrogen-bond acceptors (Lipinski definition) is 6. The SMILES string of the molecule is CC(NC(=O)c1csc(CN)n1)c1ccc(OCC(=O)NC2CC2)cc1.Cl. The summed E-state index contributed by atoms with van der Waals surface area (Å²) in [7, 11) is 0. The van der Waals surface area contributed by atoms with Crippen LogP contribution in [0.1, 0.15) is 46.9 Å². The quantitative estimate of drug-likeness (QED) is 0.618. The van der Waals surface area contributed by atoms with E-state index in [2.05, 4.69) is 15.6 Å². The number of carbonyl (C=O) groups is 2. The van der Waals surface area contributed by atoms with Crippen molar-refractivity contribution in [3.8, 4) is 5.75 Å². The highest BCUT2D eigenvalue weighted by atomic mass is 35.5. The van der Waals surface area contributed by atoms with Gasteiger partial charge < -0.3 is 21.1 Å². The molecule has 1 aromatic carbocycles. The van der Waals surface area contributed by atoms with Gasteiger partial charge in [0.1, 0.15) is 16.5 Å². The molecule has 9 heteroatoms. The molecule has 146 valence electrons. The zero-order valence-corrected chi connectivity index (χ0v) is 16.6. The molecule has 0 radical (unpaired) electrons. The minimum Gasteiger partial charge on any atom is -0.484 e. The average molecular weight is 411 g/mol. The molecule has 0 bridgehead atoms. The van der Waals surface area contributed by atoms with E-state index in [1.807, 2.05) is 19.1 Å². The molecule has 27 heavy (non-hydrogen) atoms. The highest BCUT2D eigenvalue weighted by molar-refractivity contribution is 7.09. The molecule has 1 unspecified atom stereocenters. The zero-order chi connectivity index (χ0) is 18.5. The van der Waals surface area contributed by atoms with Crippen molar-refractivity contribution in [2.45, 2.75) is 38.4 Å². The molecule has 1 aliphatic carbocycles. The summed E-state index contributed by atoms with van der Waals surface area (Å²) in [4.78, 5) is 28.0. The van der Waals surface area contributed by atoms with Crippen molar-refractivity contribution in [1.29, 1.82) is 0 Å². The van der Waals surface area contributed by atoms with E-state index in [0.29, 0.717) is 24.0 Å². The Morgan fingerprint density at radius 3 is 2.63 bits per heavy atom. The lowest BCUT2D eigenvalue weighted by Crippen LogP contribution is -2.30. The highest BCUT2D eigenvalue weighted by Crippen LogP contribution is 2.20. The number of amides is 2. The lowest BCUT2D eigenvalue weighted by atomic mass is 10.1. The van der Waals surface area contributed by atoms with Gasteiger partial charge in [-0.25, -0.2) is 4.98 Å². The summed E-state index contributed by atoms with van der Waals surface area (Å²) in [6, 6.07) is 7.46. The van der Waals surface area contributed by atoms with Crippen molar-refractivity contribution in [3.63, 3.8) is 0 Å². The number of nitrogens with zero attached hydrogens (tertiary/aromatic N) is 1. The fourth-order valence-electron chi connectivity index (χ4n) is 2.36. The van der Waals surface area contributed by atoms with Gasteiger partial charge >= 0.3 is 0 Å². The number of nitrogens with two attached hydrogens (primary N) is 1. The first-order chi connectivity index (χ1) is 12.5. The minimum atomic E-state index is -0.231. The van der Waals surface area contributed by atoms with E-state index >= 15 is 0 Å². The first-order valence-corrected chi connectivity index (χ1v) is 9.40. The number of benzene rings is 1. The van der Waals surface area contributed by atoms with Crippen LogP contribution in [0.3, 0.4) is 0 Å². The molecule has 1 atom stereocenters. The second kappa shape index (κ2) is 9.68. The molecule has 1 heterocycles. The van der Waals surface area contributed by atoms with Crippen LogP contribution in [0, 0.1) is 0 Å². The largest absolute Gasteiger partial charge is 0.484 e. The van der Waals surface area contributed by atoms with Gasteiger partial charge in [-0.05, 0) is 37.5 Å². The lowest BCUT2D eigenvalue weighted by Gasteiger charge is -2.14. The van der Waals surface area contributed by atoms with Gasteiger partial charge in [-0.2, -0.15) is 0 Å². The smallest absolute Gasteiger partial charge is 0.271 e. The van der Waals surface area contributed by atoms with Crippen molar-refractivity contribution in [2.75, 3.05) is 6.61 Å². The van der Waals surface area contributed by atoms with Crippen LogP contribution >= 0.6 is 23.7 Å². The molecule has 0 aliphatic heterocycles. The third kappa shape index (κ3) is 6.20. The molecule has 1 fully saturated rings. The van der Waals surface area contributed by atoms with Crippen molar-refractivity contribution in [1.82, 2.24) is 15.6 Å². The van der Waals surface area contributed by atoms with Gasteiger partial charge in [0.15, 0.2) is 6.61 Å². The Labute approximate surface area is 168 Å². The molecule has 0 spiro atoms. The van der Waals surface area contributed by atoms with Crippen LogP contribution in [-0.2, 0) is 11.3 Å². The molecule has 2 aromatic rings. The first kappa shape index (κ1) is 21.1. The number of nitrogens with one attached hydrogen (secondary N) is 2. The maximum absolute atomic E-state index is 12.2. The number of carbonyl (C=O) groups excluding carboxylic acids is 2. The van der Waals surface area contributed by atoms with E-state index < -0.39 is 0 Å². The summed E-state index contributed by atoms with van der Waals surface area (Å²) >= 11 is 1.37. The first-order valence-electron chi connectivity index (χ1n) is 8.52. The van der Waals surface area contributed by atoms with E-state index in [1.165, 1.54) is 11.3 Å². The van der Waals surface area contributed by atoms with Crippen molar-refractivity contribution in [3.05, 3.63) is 45.9 Å². The van der Waals surface area contributed by atoms with Crippen LogP contribution in [0.2, 0.25) is 0 Å². The van der Waals surface area contributed by atoms with Crippen LogP contribution in [-0.4, -0.2) is 29.4 Å². The van der Waals surface area contributed by atoms with Crippen LogP contribution < -0.4 is 21.1 Å². The summed E-state index contributed by atoms with van der Waals surface area (Å²) in [6.07, 6.45) is 2.11. The number of rotatable bonds is 8. The molecule has 2 amide bonds. The molecule has 0 saturated heterocycles. The monoisotopic (exact) mass is 410 g/mol. The van der Waals surface area contributed by atoms with Gasteiger partial charge in [-0.15, -0.1) is 23.7 Å². The van der Waals surface area contributed by atoms with E-state index in [4.69, 9.17) is 10.5 Å². The van der Waals surface area contributed by atoms with Crippen molar-refractivity contribution >= 4 is 35.6 Å². The Bertz CT molecular complexity index is 777. The van der Waals surface area contributed by atoms with Gasteiger partial charge in [0, 0.05) is 18.0 Å². The second-order valence-electron chi connectivity index (χ2n) is 6.23. The number of aromatic nitrogens is 1. The second-order valence-corrected chi connectivity index (χ2v) is 7.17. The maximum atomic E-state index is 12.2. The van der Waals surface area contributed by atoms with Gasteiger partial charge in [-0.3, -0.25) is 9.59 Å². The molecule has 7 nitrogen and oxygen atoms in total. The summed E-state index contributed by atoms with van der Waals surface area (Å²) in [5.41, 5.74) is 6.83. The Hall–Kier alpha value is -2.16. The predicted molar refractivity (Wildman–Crippen MR) is 106 cm³/mol. The molecule has 4 N–H and O–H groups in total. The van der Waals surface area contributed by atoms with Crippen LogP contribution in [0.25, 0.3) is 0 Å². The average Bonchev–Trinajstić information content (AvgIpc) is 3.32. The lowest BCUT2D eigenvalue weighted by molar-refractivity contribution is -0.123. The highest BCUT2D eigenvalue weighted by Gasteiger charge is 2.23. The van der Waals surface area contributed by atoms with Gasteiger partial charge in [-0.1, -0.05) is 12.1 Å². The summed E-state index contributed by atoms with van der Waals surface area (Å²) < 4.78 is 5.48. The fraction of sp³-hybridized carbons (Fsp3) is 0.389. The summed E-state index contributed by atoms with van der Waals surface area (Å²) in [5, 5.41) is 8.21. The number of halogens is 1. The third-order valence-corrected chi connectivity index (χ3v) is 4.87. The minimum absolute atomic E-state index is 0. The van der Waals surface area contributed by atoms with E-state index in [0.717, 1.165) is 23.4 Å². The number of thiazole rings is 1. The summed E-state index contributed by atoms with van der Waals surface area (Å²) in [5.74, 6) is 0.285. The van der Waals surface area contributed by atoms with E-state index in [1.54, 1.807) is 17.5 Å². The molecule has 1 aliphatic rings. The van der Waals surface area contributed by atoms with Gasteiger partial charge in [0.2, 0.25) is 0 Å². The molecular formula is C18H23ClN4O3S. The molecular weight excluding hydrogens is 388 g/mol. The Morgan fingerprint density at radius 2 is 2.04 bits per heavy atom. The normalized spacial score (nSPS) is 14.0. The fourth-order valence-corrected chi connectivity index (χ4v) is 3.02. The van der Waals surface area contributed by atoms with E-state index in [-0.39, 0.29) is 36.9 Å². The number of hydrogen-bond donors (Lipinski definition) is 3. The van der Waals surface area contributed by atoms with Crippen LogP contribution in [0.5, 0.6) is 5.75 Å².